The molecule has 0 unspecified atom stereocenters. The molecule has 0 aliphatic heterocycles. The van der Waals surface area contributed by atoms with Gasteiger partial charge in [0.15, 0.2) is 0 Å². The van der Waals surface area contributed by atoms with Crippen LogP contribution in [-0.4, -0.2) is 17.5 Å². The van der Waals surface area contributed by atoms with Crippen molar-refractivity contribution in [2.75, 3.05) is 11.1 Å². The zero-order chi connectivity index (χ0) is 21.0. The minimum atomic E-state index is -0.580. The third-order valence-corrected chi connectivity index (χ3v) is 5.28. The molecule has 3 aromatic rings. The zero-order valence-electron chi connectivity index (χ0n) is 15.6. The van der Waals surface area contributed by atoms with Crippen LogP contribution in [0.3, 0.4) is 0 Å². The van der Waals surface area contributed by atoms with Crippen LogP contribution < -0.4 is 16.4 Å². The molecule has 0 bridgehead atoms. The van der Waals surface area contributed by atoms with E-state index < -0.39 is 11.8 Å². The molecule has 0 spiro atoms. The zero-order valence-corrected chi connectivity index (χ0v) is 17.2. The molecule has 0 saturated heterocycles. The second kappa shape index (κ2) is 8.89. The molecular weight excluding hydrogens is 408 g/mol. The maximum Gasteiger partial charge on any atom is 0.270 e. The summed E-state index contributed by atoms with van der Waals surface area (Å²) in [5, 5.41) is 16.0. The van der Waals surface area contributed by atoms with Gasteiger partial charge in [0.2, 0.25) is 0 Å². The van der Waals surface area contributed by atoms with Crippen LogP contribution in [0.25, 0.3) is 0 Å². The van der Waals surface area contributed by atoms with Crippen LogP contribution in [0.5, 0.6) is 0 Å². The van der Waals surface area contributed by atoms with Crippen LogP contribution in [0, 0.1) is 12.3 Å². The summed E-state index contributed by atoms with van der Waals surface area (Å²) in [4.78, 5) is 25.1. The Morgan fingerprint density at radius 1 is 1.10 bits per heavy atom. The maximum atomic E-state index is 12.7. The monoisotopic (exact) mass is 426 g/mol. The van der Waals surface area contributed by atoms with Crippen molar-refractivity contribution in [2.45, 2.75) is 13.5 Å². The average molecular weight is 427 g/mol. The highest BCUT2D eigenvalue weighted by Gasteiger charge is 2.24. The van der Waals surface area contributed by atoms with Crippen molar-refractivity contribution in [3.63, 3.8) is 0 Å². The van der Waals surface area contributed by atoms with Crippen LogP contribution in [-0.2, 0) is 11.3 Å². The van der Waals surface area contributed by atoms with E-state index in [1.165, 1.54) is 0 Å². The molecule has 0 atom stereocenters. The van der Waals surface area contributed by atoms with Gasteiger partial charge in [0, 0.05) is 28.2 Å². The first-order chi connectivity index (χ1) is 13.8. The minimum Gasteiger partial charge on any atom is -0.390 e. The number of carbonyl (C=O) groups is 2. The molecular formula is C21H19ClN4O2S. The Morgan fingerprint density at radius 3 is 2.41 bits per heavy atom. The fraction of sp³-hybridized carbons (Fsp3) is 0.0952. The summed E-state index contributed by atoms with van der Waals surface area (Å²) in [7, 11) is 0. The van der Waals surface area contributed by atoms with Crippen molar-refractivity contribution in [2.24, 2.45) is 0 Å². The van der Waals surface area contributed by atoms with Crippen LogP contribution in [0.4, 0.5) is 10.7 Å². The summed E-state index contributed by atoms with van der Waals surface area (Å²) >= 11 is 6.96. The van der Waals surface area contributed by atoms with E-state index in [0.29, 0.717) is 10.7 Å². The van der Waals surface area contributed by atoms with Gasteiger partial charge in [-0.2, -0.15) is 0 Å². The lowest BCUT2D eigenvalue weighted by Gasteiger charge is -2.10. The molecule has 0 saturated carbocycles. The molecule has 148 valence electrons. The van der Waals surface area contributed by atoms with E-state index in [9.17, 15) is 9.59 Å². The predicted molar refractivity (Wildman–Crippen MR) is 118 cm³/mol. The second-order valence-corrected chi connectivity index (χ2v) is 7.74. The number of aryl methyl sites for hydroxylation is 1. The topological polar surface area (TPSA) is 108 Å². The van der Waals surface area contributed by atoms with E-state index >= 15 is 0 Å². The second-order valence-electron chi connectivity index (χ2n) is 6.39. The first kappa shape index (κ1) is 20.6. The fourth-order valence-electron chi connectivity index (χ4n) is 2.62. The Hall–Kier alpha value is -3.16. The first-order valence-corrected chi connectivity index (χ1v) is 9.97. The van der Waals surface area contributed by atoms with Gasteiger partial charge in [-0.15, -0.1) is 11.3 Å². The Kier molecular flexibility index (Phi) is 6.31. The van der Waals surface area contributed by atoms with Gasteiger partial charge < -0.3 is 16.4 Å². The highest BCUT2D eigenvalue weighted by atomic mass is 35.5. The number of amides is 2. The number of carbonyl (C=O) groups excluding carboxylic acids is 2. The molecule has 1 aromatic heterocycles. The van der Waals surface area contributed by atoms with Crippen molar-refractivity contribution < 1.29 is 9.59 Å². The van der Waals surface area contributed by atoms with E-state index in [2.05, 4.69) is 10.6 Å². The number of benzene rings is 2. The number of halogens is 1. The standard InChI is InChI=1S/C21H19ClN4O2S/c1-12-2-4-13(5-3-12)10-25-21(28)18(23)16-11-29-19(24)17(16)20(27)26-15-8-6-14(22)7-9-15/h2-9,11,23H,10,24H2,1H3,(H,25,28)(H,26,27). The molecule has 0 aliphatic carbocycles. The SMILES string of the molecule is Cc1ccc(CNC(=O)C(=N)c2csc(N)c2C(=O)Nc2ccc(Cl)cc2)cc1. The molecule has 1 heterocycles. The molecule has 0 fully saturated rings. The summed E-state index contributed by atoms with van der Waals surface area (Å²) in [5.74, 6) is -1.07. The molecule has 3 rings (SSSR count). The third kappa shape index (κ3) is 5.01. The number of thiophene rings is 1. The van der Waals surface area contributed by atoms with Crippen LogP contribution in [0.15, 0.2) is 53.9 Å². The summed E-state index contributed by atoms with van der Waals surface area (Å²) in [6.45, 7) is 2.27. The molecule has 6 nitrogen and oxygen atoms in total. The largest absolute Gasteiger partial charge is 0.390 e. The van der Waals surface area contributed by atoms with Gasteiger partial charge in [-0.1, -0.05) is 41.4 Å². The van der Waals surface area contributed by atoms with E-state index in [1.54, 1.807) is 29.6 Å². The molecule has 0 aliphatic rings. The fourth-order valence-corrected chi connectivity index (χ4v) is 3.54. The highest BCUT2D eigenvalue weighted by molar-refractivity contribution is 7.14. The number of hydrogen-bond donors (Lipinski definition) is 4. The lowest BCUT2D eigenvalue weighted by atomic mass is 10.1. The van der Waals surface area contributed by atoms with E-state index in [1.807, 2.05) is 31.2 Å². The molecule has 2 aromatic carbocycles. The van der Waals surface area contributed by atoms with Crippen molar-refractivity contribution in [3.05, 3.63) is 81.2 Å². The number of hydrogen-bond acceptors (Lipinski definition) is 5. The Bertz CT molecular complexity index is 1060. The lowest BCUT2D eigenvalue weighted by Crippen LogP contribution is -2.31. The molecule has 5 N–H and O–H groups in total. The number of nitrogens with one attached hydrogen (secondary N) is 3. The lowest BCUT2D eigenvalue weighted by molar-refractivity contribution is -0.114. The molecule has 29 heavy (non-hydrogen) atoms. The smallest absolute Gasteiger partial charge is 0.270 e. The van der Waals surface area contributed by atoms with Gasteiger partial charge in [0.05, 0.1) is 10.6 Å². The Morgan fingerprint density at radius 2 is 1.76 bits per heavy atom. The normalized spacial score (nSPS) is 10.4. The van der Waals surface area contributed by atoms with Gasteiger partial charge in [0.25, 0.3) is 11.8 Å². The number of nitrogen functional groups attached to an aromatic ring is 1. The maximum absolute atomic E-state index is 12.7. The summed E-state index contributed by atoms with van der Waals surface area (Å²) in [6.07, 6.45) is 0. The summed E-state index contributed by atoms with van der Waals surface area (Å²) in [6, 6.07) is 14.3. The molecule has 0 radical (unpaired) electrons. The predicted octanol–water partition coefficient (Wildman–Crippen LogP) is 4.23. The number of nitrogens with two attached hydrogens (primary N) is 1. The third-order valence-electron chi connectivity index (χ3n) is 4.22. The van der Waals surface area contributed by atoms with Gasteiger partial charge >= 0.3 is 0 Å². The first-order valence-electron chi connectivity index (χ1n) is 8.71. The quantitative estimate of drug-likeness (QED) is 0.443. The van der Waals surface area contributed by atoms with Crippen molar-refractivity contribution >= 4 is 51.2 Å². The van der Waals surface area contributed by atoms with Crippen molar-refractivity contribution in [1.82, 2.24) is 5.32 Å². The number of anilines is 2. The Balaban J connectivity index is 1.72. The minimum absolute atomic E-state index is 0.112. The van der Waals surface area contributed by atoms with Gasteiger partial charge in [-0.3, -0.25) is 15.0 Å². The van der Waals surface area contributed by atoms with Gasteiger partial charge in [0.1, 0.15) is 5.71 Å². The van der Waals surface area contributed by atoms with Crippen molar-refractivity contribution in [1.29, 1.82) is 5.41 Å². The summed E-state index contributed by atoms with van der Waals surface area (Å²) < 4.78 is 0. The van der Waals surface area contributed by atoms with Gasteiger partial charge in [-0.25, -0.2) is 0 Å². The van der Waals surface area contributed by atoms with Gasteiger partial charge in [-0.05, 0) is 36.8 Å². The van der Waals surface area contributed by atoms with Crippen LogP contribution in [0.2, 0.25) is 5.02 Å². The Labute approximate surface area is 177 Å². The number of rotatable bonds is 6. The van der Waals surface area contributed by atoms with E-state index in [0.717, 1.165) is 22.5 Å². The molecule has 8 heteroatoms. The molecule has 2 amide bonds. The van der Waals surface area contributed by atoms with Crippen molar-refractivity contribution in [3.8, 4) is 0 Å². The summed E-state index contributed by atoms with van der Waals surface area (Å²) in [5.41, 5.74) is 8.51. The average Bonchev–Trinajstić information content (AvgIpc) is 3.10. The van der Waals surface area contributed by atoms with Crippen LogP contribution >= 0.6 is 22.9 Å². The van der Waals surface area contributed by atoms with E-state index in [-0.39, 0.29) is 28.4 Å². The highest BCUT2D eigenvalue weighted by Crippen LogP contribution is 2.27. The van der Waals surface area contributed by atoms with Crippen LogP contribution in [0.1, 0.15) is 27.0 Å². The van der Waals surface area contributed by atoms with E-state index in [4.69, 9.17) is 22.7 Å².